The van der Waals surface area contributed by atoms with Gasteiger partial charge in [-0.1, -0.05) is 0 Å². The van der Waals surface area contributed by atoms with Crippen molar-refractivity contribution < 1.29 is 4.79 Å². The third kappa shape index (κ3) is 1.40. The molecule has 0 unspecified atom stereocenters. The molecule has 60 valence electrons. The maximum atomic E-state index is 10.8. The zero-order valence-corrected chi connectivity index (χ0v) is 6.99. The molecule has 0 aliphatic carbocycles. The zero-order chi connectivity index (χ0) is 7.68. The van der Waals surface area contributed by atoms with E-state index in [9.17, 15) is 4.79 Å². The van der Waals surface area contributed by atoms with Crippen molar-refractivity contribution in [1.29, 1.82) is 0 Å². The second-order valence-corrected chi connectivity index (χ2v) is 3.84. The smallest absolute Gasteiger partial charge is 0.220 e. The molecule has 2 aliphatic rings. The van der Waals surface area contributed by atoms with E-state index in [1.54, 1.807) is 11.8 Å². The Kier molecular flexibility index (Phi) is 1.85. The Morgan fingerprint density at radius 1 is 1.64 bits per heavy atom. The molecule has 1 atom stereocenters. The van der Waals surface area contributed by atoms with Gasteiger partial charge in [0, 0.05) is 18.7 Å². The van der Waals surface area contributed by atoms with Crippen LogP contribution in [-0.2, 0) is 4.79 Å². The molecule has 0 spiro atoms. The van der Waals surface area contributed by atoms with Crippen LogP contribution in [0.2, 0.25) is 0 Å². The fraction of sp³-hybridized carbons (Fsp3) is 0.714. The molecule has 2 heterocycles. The van der Waals surface area contributed by atoms with Gasteiger partial charge in [0.2, 0.25) is 5.91 Å². The summed E-state index contributed by atoms with van der Waals surface area (Å²) in [5.74, 6) is 1.26. The SMILES string of the molecule is O=C1CC[C@H](C2=NCCS2)N1. The van der Waals surface area contributed by atoms with Gasteiger partial charge < -0.3 is 5.32 Å². The quantitative estimate of drug-likeness (QED) is 0.619. The molecular formula is C7H10N2OS. The third-order valence-corrected chi connectivity index (χ3v) is 3.00. The number of nitrogens with one attached hydrogen (secondary N) is 1. The van der Waals surface area contributed by atoms with Crippen LogP contribution >= 0.6 is 11.8 Å². The minimum absolute atomic E-state index is 0.171. The zero-order valence-electron chi connectivity index (χ0n) is 6.17. The van der Waals surface area contributed by atoms with Crippen molar-refractivity contribution >= 4 is 22.7 Å². The predicted octanol–water partition coefficient (Wildman–Crippen LogP) is 0.410. The van der Waals surface area contributed by atoms with Gasteiger partial charge in [-0.25, -0.2) is 0 Å². The fourth-order valence-electron chi connectivity index (χ4n) is 1.36. The summed E-state index contributed by atoms with van der Waals surface area (Å²) >= 11 is 1.78. The first-order valence-corrected chi connectivity index (χ1v) is 4.81. The van der Waals surface area contributed by atoms with E-state index in [4.69, 9.17) is 0 Å². The van der Waals surface area contributed by atoms with Crippen LogP contribution < -0.4 is 5.32 Å². The van der Waals surface area contributed by atoms with Crippen LogP contribution in [0, 0.1) is 0 Å². The minimum Gasteiger partial charge on any atom is -0.347 e. The lowest BCUT2D eigenvalue weighted by Gasteiger charge is -2.07. The van der Waals surface area contributed by atoms with Gasteiger partial charge in [-0.2, -0.15) is 0 Å². The Hall–Kier alpha value is -0.510. The van der Waals surface area contributed by atoms with Crippen LogP contribution in [-0.4, -0.2) is 29.3 Å². The summed E-state index contributed by atoms with van der Waals surface area (Å²) in [5, 5.41) is 4.04. The molecule has 2 rings (SSSR count). The van der Waals surface area contributed by atoms with Gasteiger partial charge in [0.1, 0.15) is 0 Å². The number of carbonyl (C=O) groups is 1. The highest BCUT2D eigenvalue weighted by Crippen LogP contribution is 2.20. The van der Waals surface area contributed by atoms with Crippen LogP contribution in [0.25, 0.3) is 0 Å². The van der Waals surface area contributed by atoms with Gasteiger partial charge in [0.05, 0.1) is 11.1 Å². The number of thioether (sulfide) groups is 1. The Bertz CT molecular complexity index is 214. The third-order valence-electron chi connectivity index (χ3n) is 1.90. The summed E-state index contributed by atoms with van der Waals surface area (Å²) in [6, 6.07) is 0.245. The molecule has 0 radical (unpaired) electrons. The Labute approximate surface area is 69.6 Å². The highest BCUT2D eigenvalue weighted by Gasteiger charge is 2.26. The van der Waals surface area contributed by atoms with Gasteiger partial charge in [0.15, 0.2) is 0 Å². The number of aliphatic imine (C=N–C) groups is 1. The summed E-state index contributed by atoms with van der Waals surface area (Å²) in [6.07, 6.45) is 1.61. The van der Waals surface area contributed by atoms with Gasteiger partial charge in [0.25, 0.3) is 0 Å². The van der Waals surface area contributed by atoms with Crippen LogP contribution in [0.3, 0.4) is 0 Å². The van der Waals surface area contributed by atoms with E-state index in [-0.39, 0.29) is 11.9 Å². The molecule has 1 amide bonds. The number of hydrogen-bond donors (Lipinski definition) is 1. The molecular weight excluding hydrogens is 160 g/mol. The van der Waals surface area contributed by atoms with Gasteiger partial charge in [-0.15, -0.1) is 11.8 Å². The molecule has 0 aromatic rings. The molecule has 1 N–H and O–H groups in total. The van der Waals surface area contributed by atoms with Crippen molar-refractivity contribution in [2.75, 3.05) is 12.3 Å². The molecule has 4 heteroatoms. The highest BCUT2D eigenvalue weighted by atomic mass is 32.2. The second-order valence-electron chi connectivity index (χ2n) is 2.73. The first kappa shape index (κ1) is 7.16. The molecule has 0 saturated carbocycles. The van der Waals surface area contributed by atoms with Crippen LogP contribution in [0.4, 0.5) is 0 Å². The first-order valence-electron chi connectivity index (χ1n) is 3.83. The van der Waals surface area contributed by atoms with E-state index in [1.807, 2.05) is 0 Å². The molecule has 0 aromatic heterocycles. The van der Waals surface area contributed by atoms with E-state index >= 15 is 0 Å². The number of amides is 1. The van der Waals surface area contributed by atoms with E-state index in [0.717, 1.165) is 23.8 Å². The maximum Gasteiger partial charge on any atom is 0.220 e. The Balaban J connectivity index is 2.00. The Morgan fingerprint density at radius 3 is 3.09 bits per heavy atom. The van der Waals surface area contributed by atoms with Gasteiger partial charge in [-0.05, 0) is 6.42 Å². The molecule has 11 heavy (non-hydrogen) atoms. The average molecular weight is 170 g/mol. The minimum atomic E-state index is 0.171. The molecule has 3 nitrogen and oxygen atoms in total. The largest absolute Gasteiger partial charge is 0.347 e. The van der Waals surface area contributed by atoms with E-state index in [0.29, 0.717) is 6.42 Å². The Morgan fingerprint density at radius 2 is 2.55 bits per heavy atom. The molecule has 2 aliphatic heterocycles. The monoisotopic (exact) mass is 170 g/mol. The van der Waals surface area contributed by atoms with Crippen LogP contribution in [0.5, 0.6) is 0 Å². The van der Waals surface area contributed by atoms with E-state index in [1.165, 1.54) is 0 Å². The van der Waals surface area contributed by atoms with Crippen molar-refractivity contribution in [1.82, 2.24) is 5.32 Å². The second kappa shape index (κ2) is 2.85. The molecule has 1 fully saturated rings. The number of carbonyl (C=O) groups excluding carboxylic acids is 1. The summed E-state index contributed by atoms with van der Waals surface area (Å²) in [6.45, 7) is 0.923. The maximum absolute atomic E-state index is 10.8. The normalized spacial score (nSPS) is 30.4. The lowest BCUT2D eigenvalue weighted by molar-refractivity contribution is -0.119. The van der Waals surface area contributed by atoms with Crippen molar-refractivity contribution in [3.05, 3.63) is 0 Å². The highest BCUT2D eigenvalue weighted by molar-refractivity contribution is 8.14. The number of nitrogens with zero attached hydrogens (tertiary/aromatic N) is 1. The lowest BCUT2D eigenvalue weighted by Crippen LogP contribution is -2.30. The van der Waals surface area contributed by atoms with E-state index < -0.39 is 0 Å². The first-order chi connectivity index (χ1) is 5.36. The number of hydrogen-bond acceptors (Lipinski definition) is 3. The van der Waals surface area contributed by atoms with Crippen molar-refractivity contribution in [2.45, 2.75) is 18.9 Å². The average Bonchev–Trinajstić information content (AvgIpc) is 2.55. The summed E-state index contributed by atoms with van der Waals surface area (Å²) in [4.78, 5) is 15.2. The van der Waals surface area contributed by atoms with E-state index in [2.05, 4.69) is 10.3 Å². The summed E-state index contributed by atoms with van der Waals surface area (Å²) in [7, 11) is 0. The summed E-state index contributed by atoms with van der Waals surface area (Å²) in [5.41, 5.74) is 0. The van der Waals surface area contributed by atoms with Crippen LogP contribution in [0.1, 0.15) is 12.8 Å². The summed E-state index contributed by atoms with van der Waals surface area (Å²) < 4.78 is 0. The van der Waals surface area contributed by atoms with Crippen molar-refractivity contribution in [2.24, 2.45) is 4.99 Å². The molecule has 0 bridgehead atoms. The van der Waals surface area contributed by atoms with Crippen LogP contribution in [0.15, 0.2) is 4.99 Å². The lowest BCUT2D eigenvalue weighted by atomic mass is 10.2. The fourth-order valence-corrected chi connectivity index (χ4v) is 2.31. The number of rotatable bonds is 1. The van der Waals surface area contributed by atoms with Crippen molar-refractivity contribution in [3.63, 3.8) is 0 Å². The van der Waals surface area contributed by atoms with Crippen molar-refractivity contribution in [3.8, 4) is 0 Å². The topological polar surface area (TPSA) is 41.5 Å². The van der Waals surface area contributed by atoms with Gasteiger partial charge in [-0.3, -0.25) is 9.79 Å². The molecule has 1 saturated heterocycles. The molecule has 0 aromatic carbocycles. The predicted molar refractivity (Wildman–Crippen MR) is 45.9 cm³/mol. The standard InChI is InChI=1S/C7H10N2OS/c10-6-2-1-5(9-6)7-8-3-4-11-7/h5H,1-4H2,(H,9,10)/t5-/m1/s1. The van der Waals surface area contributed by atoms with Gasteiger partial charge >= 0.3 is 0 Å².